The van der Waals surface area contributed by atoms with Gasteiger partial charge in [-0.3, -0.25) is 0 Å². The first-order valence-electron chi connectivity index (χ1n) is 5.43. The first kappa shape index (κ1) is 11.6. The molecule has 3 rings (SSSR count). The van der Waals surface area contributed by atoms with Crippen molar-refractivity contribution in [1.29, 1.82) is 0 Å². The van der Waals surface area contributed by atoms with Crippen molar-refractivity contribution >= 4 is 29.1 Å². The van der Waals surface area contributed by atoms with Gasteiger partial charge in [0.15, 0.2) is 0 Å². The molecule has 2 aliphatic rings. The summed E-state index contributed by atoms with van der Waals surface area (Å²) in [6, 6.07) is 3.01. The molecule has 18 heavy (non-hydrogen) atoms. The van der Waals surface area contributed by atoms with E-state index in [-0.39, 0.29) is 22.9 Å². The van der Waals surface area contributed by atoms with Gasteiger partial charge < -0.3 is 9.84 Å². The fourth-order valence-corrected chi connectivity index (χ4v) is 2.45. The molecule has 0 saturated carbocycles. The molecule has 1 aliphatic carbocycles. The number of phenolic OH excluding ortho intramolecular Hbond substituents is 1. The lowest BCUT2D eigenvalue weighted by atomic mass is 10.1. The molecular formula is C13H9Cl2NO2. The van der Waals surface area contributed by atoms with Crippen LogP contribution < -0.4 is 0 Å². The summed E-state index contributed by atoms with van der Waals surface area (Å²) in [7, 11) is 0. The molecule has 3 nitrogen and oxygen atoms in total. The maximum Gasteiger partial charge on any atom is 0.221 e. The highest BCUT2D eigenvalue weighted by Crippen LogP contribution is 2.34. The van der Waals surface area contributed by atoms with E-state index in [0.717, 1.165) is 0 Å². The molecule has 0 fully saturated rings. The van der Waals surface area contributed by atoms with Crippen LogP contribution in [0.15, 0.2) is 41.4 Å². The zero-order valence-electron chi connectivity index (χ0n) is 9.18. The minimum absolute atomic E-state index is 0.0536. The van der Waals surface area contributed by atoms with Crippen molar-refractivity contribution in [1.82, 2.24) is 0 Å². The molecule has 92 valence electrons. The quantitative estimate of drug-likeness (QED) is 0.858. The Morgan fingerprint density at radius 3 is 2.72 bits per heavy atom. The van der Waals surface area contributed by atoms with Gasteiger partial charge in [-0.25, -0.2) is 4.99 Å². The average molecular weight is 282 g/mol. The highest BCUT2D eigenvalue weighted by Gasteiger charge is 2.30. The zero-order valence-corrected chi connectivity index (χ0v) is 10.7. The van der Waals surface area contributed by atoms with Crippen LogP contribution in [0.25, 0.3) is 0 Å². The third-order valence-electron chi connectivity index (χ3n) is 2.83. The first-order valence-corrected chi connectivity index (χ1v) is 6.18. The second kappa shape index (κ2) is 4.34. The van der Waals surface area contributed by atoms with Crippen molar-refractivity contribution in [3.05, 3.63) is 52.0 Å². The normalized spacial score (nSPS) is 24.7. The van der Waals surface area contributed by atoms with Crippen LogP contribution in [0.5, 0.6) is 5.75 Å². The molecule has 1 N–H and O–H groups in total. The third kappa shape index (κ3) is 1.89. The van der Waals surface area contributed by atoms with E-state index in [0.29, 0.717) is 16.5 Å². The van der Waals surface area contributed by atoms with Crippen LogP contribution >= 0.6 is 23.2 Å². The molecular weight excluding hydrogens is 273 g/mol. The van der Waals surface area contributed by atoms with E-state index >= 15 is 0 Å². The van der Waals surface area contributed by atoms with Gasteiger partial charge in [0.2, 0.25) is 5.90 Å². The predicted octanol–water partition coefficient (Wildman–Crippen LogP) is 3.34. The number of benzene rings is 1. The Balaban J connectivity index is 2.02. The molecule has 1 aliphatic heterocycles. The van der Waals surface area contributed by atoms with E-state index in [1.54, 1.807) is 6.07 Å². The van der Waals surface area contributed by atoms with Crippen LogP contribution in [-0.2, 0) is 4.74 Å². The average Bonchev–Trinajstić information content (AvgIpc) is 2.77. The number of rotatable bonds is 1. The second-order valence-electron chi connectivity index (χ2n) is 4.06. The fraction of sp³-hybridized carbons (Fsp3) is 0.154. The first-order chi connectivity index (χ1) is 8.65. The number of nitrogens with zero attached hydrogens (tertiary/aromatic N) is 1. The lowest BCUT2D eigenvalue weighted by molar-refractivity contribution is 0.254. The molecule has 1 aromatic rings. The van der Waals surface area contributed by atoms with Gasteiger partial charge in [0.05, 0.1) is 10.6 Å². The summed E-state index contributed by atoms with van der Waals surface area (Å²) in [4.78, 5) is 4.40. The number of ether oxygens (including phenoxy) is 1. The van der Waals surface area contributed by atoms with E-state index in [2.05, 4.69) is 4.99 Å². The van der Waals surface area contributed by atoms with E-state index in [1.807, 2.05) is 24.3 Å². The third-order valence-corrected chi connectivity index (χ3v) is 3.34. The van der Waals surface area contributed by atoms with Gasteiger partial charge in [0.25, 0.3) is 0 Å². The molecule has 0 radical (unpaired) electrons. The molecule has 0 amide bonds. The van der Waals surface area contributed by atoms with Crippen LogP contribution in [0.3, 0.4) is 0 Å². The highest BCUT2D eigenvalue weighted by molar-refractivity contribution is 6.36. The van der Waals surface area contributed by atoms with Crippen LogP contribution in [-0.4, -0.2) is 23.2 Å². The van der Waals surface area contributed by atoms with Crippen molar-refractivity contribution in [2.75, 3.05) is 0 Å². The highest BCUT2D eigenvalue weighted by atomic mass is 35.5. The number of hydrogen-bond donors (Lipinski definition) is 1. The standard InChI is InChI=1S/C13H9Cl2NO2/c14-7-5-8(12(17)9(15)6-7)13-16-10-3-1-2-4-11(10)18-13/h1-6,10-11,17H. The summed E-state index contributed by atoms with van der Waals surface area (Å²) in [6.45, 7) is 0. The van der Waals surface area contributed by atoms with Gasteiger partial charge in [-0.2, -0.15) is 0 Å². The summed E-state index contributed by atoms with van der Waals surface area (Å²) in [5, 5.41) is 10.5. The Morgan fingerprint density at radius 1 is 1.17 bits per heavy atom. The van der Waals surface area contributed by atoms with Crippen molar-refractivity contribution in [2.45, 2.75) is 12.1 Å². The molecule has 1 aromatic carbocycles. The largest absolute Gasteiger partial charge is 0.506 e. The number of aliphatic imine (C=N–C) groups is 1. The van der Waals surface area contributed by atoms with E-state index in [1.165, 1.54) is 6.07 Å². The van der Waals surface area contributed by atoms with E-state index in [9.17, 15) is 5.11 Å². The molecule has 0 saturated heterocycles. The fourth-order valence-electron chi connectivity index (χ4n) is 1.96. The summed E-state index contributed by atoms with van der Waals surface area (Å²) >= 11 is 11.8. The number of fused-ring (bicyclic) bond motifs is 1. The molecule has 0 spiro atoms. The van der Waals surface area contributed by atoms with Crippen molar-refractivity contribution in [3.8, 4) is 5.75 Å². The summed E-state index contributed by atoms with van der Waals surface area (Å²) < 4.78 is 5.68. The van der Waals surface area contributed by atoms with E-state index < -0.39 is 0 Å². The molecule has 0 bridgehead atoms. The zero-order chi connectivity index (χ0) is 12.7. The second-order valence-corrected chi connectivity index (χ2v) is 4.90. The van der Waals surface area contributed by atoms with Gasteiger partial charge in [-0.05, 0) is 18.2 Å². The lowest BCUT2D eigenvalue weighted by Crippen LogP contribution is -2.19. The number of allylic oxidation sites excluding steroid dienone is 2. The summed E-state index contributed by atoms with van der Waals surface area (Å²) in [5.41, 5.74) is 0.420. The Kier molecular flexibility index (Phi) is 2.80. The van der Waals surface area contributed by atoms with Crippen molar-refractivity contribution in [2.24, 2.45) is 4.99 Å². The number of hydrogen-bond acceptors (Lipinski definition) is 3. The lowest BCUT2D eigenvalue weighted by Gasteiger charge is -2.13. The van der Waals surface area contributed by atoms with Crippen molar-refractivity contribution < 1.29 is 9.84 Å². The molecule has 0 aromatic heterocycles. The van der Waals surface area contributed by atoms with Crippen LogP contribution in [0.4, 0.5) is 0 Å². The number of aromatic hydroxyl groups is 1. The number of halogens is 2. The van der Waals surface area contributed by atoms with Gasteiger partial charge in [-0.1, -0.05) is 41.4 Å². The predicted molar refractivity (Wildman–Crippen MR) is 71.6 cm³/mol. The minimum atomic E-state index is -0.123. The molecule has 2 unspecified atom stereocenters. The maximum atomic E-state index is 9.93. The Morgan fingerprint density at radius 2 is 1.94 bits per heavy atom. The molecule has 2 atom stereocenters. The Labute approximate surface area is 114 Å². The van der Waals surface area contributed by atoms with Crippen LogP contribution in [0, 0.1) is 0 Å². The van der Waals surface area contributed by atoms with E-state index in [4.69, 9.17) is 27.9 Å². The van der Waals surface area contributed by atoms with Gasteiger partial charge in [0.1, 0.15) is 17.9 Å². The monoisotopic (exact) mass is 281 g/mol. The van der Waals surface area contributed by atoms with Gasteiger partial charge in [-0.15, -0.1) is 0 Å². The van der Waals surface area contributed by atoms with Gasteiger partial charge >= 0.3 is 0 Å². The van der Waals surface area contributed by atoms with Crippen molar-refractivity contribution in [3.63, 3.8) is 0 Å². The summed E-state index contributed by atoms with van der Waals surface area (Å²) in [5.74, 6) is 0.300. The van der Waals surface area contributed by atoms with Crippen LogP contribution in [0.1, 0.15) is 5.56 Å². The SMILES string of the molecule is Oc1c(Cl)cc(Cl)cc1C1=NC2C=CC=CC2O1. The summed E-state index contributed by atoms with van der Waals surface area (Å²) in [6.07, 6.45) is 7.57. The molecule has 5 heteroatoms. The Hall–Kier alpha value is -1.45. The Bertz CT molecular complexity index is 593. The van der Waals surface area contributed by atoms with Crippen LogP contribution in [0.2, 0.25) is 10.0 Å². The van der Waals surface area contributed by atoms with Gasteiger partial charge in [0, 0.05) is 5.02 Å². The topological polar surface area (TPSA) is 41.8 Å². The smallest absolute Gasteiger partial charge is 0.221 e. The number of phenols is 1. The molecule has 1 heterocycles. The maximum absolute atomic E-state index is 9.93. The minimum Gasteiger partial charge on any atom is -0.506 e.